The molecule has 43 heavy (non-hydrogen) atoms. The van der Waals surface area contributed by atoms with Crippen LogP contribution in [0.1, 0.15) is 109 Å². The summed E-state index contributed by atoms with van der Waals surface area (Å²) in [5, 5.41) is 0. The second-order valence-electron chi connectivity index (χ2n) is 14.6. The number of ketones is 2. The van der Waals surface area contributed by atoms with Crippen molar-refractivity contribution in [1.29, 1.82) is 0 Å². The van der Waals surface area contributed by atoms with E-state index in [0.29, 0.717) is 43.6 Å². The molecule has 0 N–H and O–H groups in total. The maximum absolute atomic E-state index is 14.2. The van der Waals surface area contributed by atoms with Crippen LogP contribution in [0.3, 0.4) is 0 Å². The van der Waals surface area contributed by atoms with Gasteiger partial charge in [0, 0.05) is 47.3 Å². The van der Waals surface area contributed by atoms with Gasteiger partial charge in [0.15, 0.2) is 23.1 Å². The first-order valence-electron chi connectivity index (χ1n) is 16.3. The van der Waals surface area contributed by atoms with Crippen molar-refractivity contribution in [3.8, 4) is 11.5 Å². The van der Waals surface area contributed by atoms with E-state index < -0.39 is 0 Å². The Balaban J connectivity index is 1.49. The van der Waals surface area contributed by atoms with Crippen molar-refractivity contribution in [2.24, 2.45) is 10.8 Å². The Labute approximate surface area is 257 Å². The molecule has 0 amide bonds. The molecule has 228 valence electrons. The number of carbonyl (C=O) groups excluding carboxylic acids is 2. The fraction of sp³-hybridized carbons (Fsp3) is 0.526. The van der Waals surface area contributed by atoms with Gasteiger partial charge >= 0.3 is 0 Å². The molecule has 6 rings (SSSR count). The van der Waals surface area contributed by atoms with Gasteiger partial charge in [-0.3, -0.25) is 9.59 Å². The Kier molecular flexibility index (Phi) is 8.04. The van der Waals surface area contributed by atoms with E-state index >= 15 is 0 Å². The van der Waals surface area contributed by atoms with Crippen molar-refractivity contribution in [3.63, 3.8) is 0 Å². The molecular formula is C38H47NO4. The van der Waals surface area contributed by atoms with Crippen molar-refractivity contribution >= 4 is 11.6 Å². The van der Waals surface area contributed by atoms with E-state index in [1.54, 1.807) is 0 Å². The van der Waals surface area contributed by atoms with Gasteiger partial charge < -0.3 is 14.4 Å². The molecule has 1 heterocycles. The summed E-state index contributed by atoms with van der Waals surface area (Å²) in [6.07, 6.45) is 8.59. The smallest absolute Gasteiger partial charge is 0.162 e. The average Bonchev–Trinajstić information content (AvgIpc) is 2.95. The van der Waals surface area contributed by atoms with Gasteiger partial charge in [0.25, 0.3) is 0 Å². The van der Waals surface area contributed by atoms with E-state index in [9.17, 15) is 9.59 Å². The molecule has 1 aliphatic heterocycles. The van der Waals surface area contributed by atoms with Crippen molar-refractivity contribution in [2.45, 2.75) is 111 Å². The number of carbonyl (C=O) groups is 2. The molecule has 0 spiro atoms. The highest BCUT2D eigenvalue weighted by Crippen LogP contribution is 2.56. The average molecular weight is 582 g/mol. The molecule has 0 aromatic heterocycles. The first-order chi connectivity index (χ1) is 20.6. The van der Waals surface area contributed by atoms with Gasteiger partial charge in [-0.1, -0.05) is 83.4 Å². The summed E-state index contributed by atoms with van der Waals surface area (Å²) < 4.78 is 12.4. The monoisotopic (exact) mass is 581 g/mol. The summed E-state index contributed by atoms with van der Waals surface area (Å²) in [6.45, 7) is 11.8. The van der Waals surface area contributed by atoms with Crippen LogP contribution in [0, 0.1) is 10.8 Å². The molecule has 5 nitrogen and oxygen atoms in total. The Morgan fingerprint density at radius 2 is 1.35 bits per heavy atom. The van der Waals surface area contributed by atoms with Gasteiger partial charge in [0.1, 0.15) is 6.61 Å². The van der Waals surface area contributed by atoms with Crippen LogP contribution in [0.4, 0.5) is 0 Å². The molecule has 2 aromatic carbocycles. The van der Waals surface area contributed by atoms with Crippen LogP contribution in [0.15, 0.2) is 71.1 Å². The van der Waals surface area contributed by atoms with Crippen LogP contribution < -0.4 is 9.47 Å². The fourth-order valence-electron chi connectivity index (χ4n) is 7.94. The maximum Gasteiger partial charge on any atom is 0.162 e. The number of benzene rings is 2. The van der Waals surface area contributed by atoms with Gasteiger partial charge in [-0.25, -0.2) is 0 Å². The number of nitrogens with zero attached hydrogens (tertiary/aromatic N) is 1. The molecule has 1 fully saturated rings. The van der Waals surface area contributed by atoms with Crippen molar-refractivity contribution in [2.75, 3.05) is 6.61 Å². The summed E-state index contributed by atoms with van der Waals surface area (Å²) in [6, 6.07) is 16.5. The Morgan fingerprint density at radius 3 is 1.93 bits per heavy atom. The highest BCUT2D eigenvalue weighted by atomic mass is 16.5. The largest absolute Gasteiger partial charge is 0.490 e. The molecule has 0 saturated heterocycles. The molecule has 3 aliphatic carbocycles. The van der Waals surface area contributed by atoms with E-state index in [0.717, 1.165) is 48.0 Å². The molecule has 2 aromatic rings. The summed E-state index contributed by atoms with van der Waals surface area (Å²) in [4.78, 5) is 31.0. The van der Waals surface area contributed by atoms with Crippen LogP contribution in [-0.4, -0.2) is 29.1 Å². The Hall–Kier alpha value is -3.34. The molecular weight excluding hydrogens is 534 g/mol. The van der Waals surface area contributed by atoms with Gasteiger partial charge in [0.05, 0.1) is 6.61 Å². The topological polar surface area (TPSA) is 55.8 Å². The SMILES string of the molecule is CCOc1cc(C2C3=C(CC(C)(C)CC3=O)N(C3CCCCC3)C3=C2C(=O)CC(C)(C)C3)ccc1OCc1ccccc1. The molecule has 0 radical (unpaired) electrons. The third kappa shape index (κ3) is 5.92. The Morgan fingerprint density at radius 1 is 0.744 bits per heavy atom. The van der Waals surface area contributed by atoms with E-state index in [1.807, 2.05) is 49.4 Å². The number of ether oxygens (including phenoxy) is 2. The van der Waals surface area contributed by atoms with Crippen LogP contribution in [0.25, 0.3) is 0 Å². The standard InChI is InChI=1S/C38H47NO4/c1-6-42-33-19-26(17-18-32(33)43-24-25-13-9-7-10-14-25)34-35-28(20-37(2,3)22-30(35)40)39(27-15-11-8-12-16-27)29-21-38(4,5)23-31(41)36(29)34/h7,9-10,13-14,17-19,27,34H,6,8,11-12,15-16,20-24H2,1-5H3. The number of allylic oxidation sites excluding steroid dienone is 4. The first-order valence-corrected chi connectivity index (χ1v) is 16.3. The molecule has 0 atom stereocenters. The third-order valence-corrected chi connectivity index (χ3v) is 9.73. The van der Waals surface area contributed by atoms with Gasteiger partial charge in [-0.15, -0.1) is 0 Å². The second-order valence-corrected chi connectivity index (χ2v) is 14.6. The minimum absolute atomic E-state index is 0.120. The van der Waals surface area contributed by atoms with Crippen molar-refractivity contribution < 1.29 is 19.1 Å². The minimum Gasteiger partial charge on any atom is -0.490 e. The van der Waals surface area contributed by atoms with Gasteiger partial charge in [-0.05, 0) is 66.7 Å². The predicted octanol–water partition coefficient (Wildman–Crippen LogP) is 8.68. The molecule has 0 bridgehead atoms. The number of hydrogen-bond donors (Lipinski definition) is 0. The van der Waals surface area contributed by atoms with Crippen LogP contribution in [0.5, 0.6) is 11.5 Å². The molecule has 1 saturated carbocycles. The lowest BCUT2D eigenvalue weighted by Gasteiger charge is -2.52. The highest BCUT2D eigenvalue weighted by molar-refractivity contribution is 6.06. The Bertz CT molecular complexity index is 1400. The molecule has 4 aliphatic rings. The first kappa shape index (κ1) is 29.7. The van der Waals surface area contributed by atoms with Crippen molar-refractivity contribution in [3.05, 3.63) is 82.2 Å². The zero-order valence-corrected chi connectivity index (χ0v) is 26.6. The predicted molar refractivity (Wildman–Crippen MR) is 170 cm³/mol. The fourth-order valence-corrected chi connectivity index (χ4v) is 7.94. The van der Waals surface area contributed by atoms with Crippen molar-refractivity contribution in [1.82, 2.24) is 4.90 Å². The van der Waals surface area contributed by atoms with E-state index in [2.05, 4.69) is 38.7 Å². The lowest BCUT2D eigenvalue weighted by atomic mass is 9.63. The zero-order chi connectivity index (χ0) is 30.4. The zero-order valence-electron chi connectivity index (χ0n) is 26.6. The van der Waals surface area contributed by atoms with Crippen LogP contribution in [0.2, 0.25) is 0 Å². The lowest BCUT2D eigenvalue weighted by Crippen LogP contribution is -2.48. The summed E-state index contributed by atoms with van der Waals surface area (Å²) >= 11 is 0. The van der Waals surface area contributed by atoms with E-state index in [-0.39, 0.29) is 28.3 Å². The summed E-state index contributed by atoms with van der Waals surface area (Å²) in [5.74, 6) is 1.32. The van der Waals surface area contributed by atoms with Gasteiger partial charge in [0.2, 0.25) is 0 Å². The maximum atomic E-state index is 14.2. The van der Waals surface area contributed by atoms with Crippen LogP contribution >= 0.6 is 0 Å². The normalized spacial score (nSPS) is 22.4. The quantitative estimate of drug-likeness (QED) is 0.327. The summed E-state index contributed by atoms with van der Waals surface area (Å²) in [5.41, 5.74) is 5.82. The highest BCUT2D eigenvalue weighted by Gasteiger charge is 2.50. The number of Topliss-reactive ketones (excluding diaryl/α,β-unsaturated/α-hetero) is 2. The molecule has 0 unspecified atom stereocenters. The third-order valence-electron chi connectivity index (χ3n) is 9.73. The van der Waals surface area contributed by atoms with Gasteiger partial charge in [-0.2, -0.15) is 0 Å². The second kappa shape index (κ2) is 11.6. The van der Waals surface area contributed by atoms with Crippen LogP contribution in [-0.2, 0) is 16.2 Å². The van der Waals surface area contributed by atoms with E-state index in [4.69, 9.17) is 9.47 Å². The summed E-state index contributed by atoms with van der Waals surface area (Å²) in [7, 11) is 0. The van der Waals surface area contributed by atoms with E-state index in [1.165, 1.54) is 30.7 Å². The minimum atomic E-state index is -0.376. The lowest BCUT2D eigenvalue weighted by molar-refractivity contribution is -0.119. The molecule has 5 heteroatoms. The number of rotatable bonds is 7. The number of hydrogen-bond acceptors (Lipinski definition) is 5.